The van der Waals surface area contributed by atoms with Gasteiger partial charge in [0.1, 0.15) is 6.10 Å². The Hall–Kier alpha value is -0.540. The van der Waals surface area contributed by atoms with Crippen molar-refractivity contribution in [2.45, 2.75) is 6.10 Å². The summed E-state index contributed by atoms with van der Waals surface area (Å²) >= 11 is 15.1. The van der Waals surface area contributed by atoms with Crippen molar-refractivity contribution in [2.75, 3.05) is 0 Å². The fourth-order valence-electron chi connectivity index (χ4n) is 1.55. The molecule has 0 spiro atoms. The van der Waals surface area contributed by atoms with E-state index in [1.165, 1.54) is 0 Å². The number of hydrogen-bond acceptors (Lipinski definition) is 1. The second kappa shape index (κ2) is 5.40. The molecule has 0 saturated carbocycles. The molecule has 0 aliphatic heterocycles. The number of benzene rings is 2. The average Bonchev–Trinajstić information content (AvgIpc) is 2.32. The molecule has 2 aromatic rings. The van der Waals surface area contributed by atoms with Gasteiger partial charge in [0.25, 0.3) is 0 Å². The molecule has 88 valence electrons. The molecule has 0 aliphatic rings. The van der Waals surface area contributed by atoms with Gasteiger partial charge in [0.2, 0.25) is 0 Å². The van der Waals surface area contributed by atoms with E-state index in [4.69, 9.17) is 23.2 Å². The molecule has 1 nitrogen and oxygen atoms in total. The Kier molecular flexibility index (Phi) is 4.10. The molecule has 0 aromatic heterocycles. The summed E-state index contributed by atoms with van der Waals surface area (Å²) in [6, 6.07) is 12.6. The van der Waals surface area contributed by atoms with Crippen LogP contribution in [0.2, 0.25) is 10.0 Å². The van der Waals surface area contributed by atoms with Gasteiger partial charge in [-0.3, -0.25) is 0 Å². The molecular formula is C13H9BrCl2O. The van der Waals surface area contributed by atoms with Crippen molar-refractivity contribution in [1.82, 2.24) is 0 Å². The number of rotatable bonds is 2. The second-order valence-corrected chi connectivity index (χ2v) is 5.36. The van der Waals surface area contributed by atoms with Gasteiger partial charge in [0.15, 0.2) is 0 Å². The minimum absolute atomic E-state index is 0.443. The molecule has 0 saturated heterocycles. The van der Waals surface area contributed by atoms with Gasteiger partial charge in [-0.15, -0.1) is 0 Å². The summed E-state index contributed by atoms with van der Waals surface area (Å²) in [6.07, 6.45) is -0.706. The van der Waals surface area contributed by atoms with Crippen molar-refractivity contribution >= 4 is 39.1 Å². The quantitative estimate of drug-likeness (QED) is 0.835. The van der Waals surface area contributed by atoms with Gasteiger partial charge in [-0.1, -0.05) is 57.3 Å². The SMILES string of the molecule is OC(c1cccc(Br)c1)c1ccc(Cl)c(Cl)c1. The molecule has 1 unspecified atom stereocenters. The Labute approximate surface area is 118 Å². The largest absolute Gasteiger partial charge is 0.384 e. The average molecular weight is 332 g/mol. The normalized spacial score (nSPS) is 12.5. The monoisotopic (exact) mass is 330 g/mol. The number of aliphatic hydroxyl groups is 1. The molecular weight excluding hydrogens is 323 g/mol. The van der Waals surface area contributed by atoms with Gasteiger partial charge in [0.05, 0.1) is 10.0 Å². The molecule has 0 bridgehead atoms. The first-order valence-electron chi connectivity index (χ1n) is 4.96. The highest BCUT2D eigenvalue weighted by molar-refractivity contribution is 9.10. The zero-order valence-electron chi connectivity index (χ0n) is 8.70. The zero-order chi connectivity index (χ0) is 12.4. The first-order valence-corrected chi connectivity index (χ1v) is 6.51. The lowest BCUT2D eigenvalue weighted by Gasteiger charge is -2.12. The maximum Gasteiger partial charge on any atom is 0.104 e. The van der Waals surface area contributed by atoms with Crippen LogP contribution >= 0.6 is 39.1 Å². The number of aliphatic hydroxyl groups excluding tert-OH is 1. The van der Waals surface area contributed by atoms with Gasteiger partial charge >= 0.3 is 0 Å². The summed E-state index contributed by atoms with van der Waals surface area (Å²) in [7, 11) is 0. The van der Waals surface area contributed by atoms with E-state index < -0.39 is 6.10 Å². The van der Waals surface area contributed by atoms with E-state index in [1.807, 2.05) is 24.3 Å². The van der Waals surface area contributed by atoms with Crippen LogP contribution in [-0.4, -0.2) is 5.11 Å². The van der Waals surface area contributed by atoms with Crippen LogP contribution < -0.4 is 0 Å². The Balaban J connectivity index is 2.36. The van der Waals surface area contributed by atoms with E-state index in [-0.39, 0.29) is 0 Å². The first-order chi connectivity index (χ1) is 8.08. The smallest absolute Gasteiger partial charge is 0.104 e. The molecule has 0 aliphatic carbocycles. The maximum atomic E-state index is 10.2. The molecule has 1 N–H and O–H groups in total. The van der Waals surface area contributed by atoms with Crippen molar-refractivity contribution in [2.24, 2.45) is 0 Å². The van der Waals surface area contributed by atoms with Gasteiger partial charge < -0.3 is 5.11 Å². The third-order valence-electron chi connectivity index (χ3n) is 2.42. The maximum absolute atomic E-state index is 10.2. The van der Waals surface area contributed by atoms with E-state index in [9.17, 15) is 5.11 Å². The predicted octanol–water partition coefficient (Wildman–Crippen LogP) is 4.84. The van der Waals surface area contributed by atoms with Gasteiger partial charge in [-0.05, 0) is 35.4 Å². The molecule has 1 atom stereocenters. The van der Waals surface area contributed by atoms with Crippen LogP contribution in [0.15, 0.2) is 46.9 Å². The fraction of sp³-hybridized carbons (Fsp3) is 0.0769. The third-order valence-corrected chi connectivity index (χ3v) is 3.66. The number of hydrogen-bond donors (Lipinski definition) is 1. The molecule has 0 heterocycles. The number of halogens is 3. The van der Waals surface area contributed by atoms with Crippen LogP contribution in [0.3, 0.4) is 0 Å². The van der Waals surface area contributed by atoms with Crippen molar-refractivity contribution in [3.05, 3.63) is 68.1 Å². The summed E-state index contributed by atoms with van der Waals surface area (Å²) in [5, 5.41) is 11.1. The zero-order valence-corrected chi connectivity index (χ0v) is 11.8. The second-order valence-electron chi connectivity index (χ2n) is 3.63. The van der Waals surface area contributed by atoms with E-state index in [0.29, 0.717) is 10.0 Å². The van der Waals surface area contributed by atoms with Crippen LogP contribution in [-0.2, 0) is 0 Å². The van der Waals surface area contributed by atoms with Gasteiger partial charge in [0, 0.05) is 4.47 Å². The van der Waals surface area contributed by atoms with E-state index in [1.54, 1.807) is 18.2 Å². The van der Waals surface area contributed by atoms with Crippen LogP contribution in [0, 0.1) is 0 Å². The highest BCUT2D eigenvalue weighted by Crippen LogP contribution is 2.29. The molecule has 2 rings (SSSR count). The van der Waals surface area contributed by atoms with Gasteiger partial charge in [-0.25, -0.2) is 0 Å². The van der Waals surface area contributed by atoms with Crippen molar-refractivity contribution in [1.29, 1.82) is 0 Å². The standard InChI is InChI=1S/C13H9BrCl2O/c14-10-3-1-2-8(6-10)13(17)9-4-5-11(15)12(16)7-9/h1-7,13,17H. The lowest BCUT2D eigenvalue weighted by atomic mass is 10.0. The predicted molar refractivity (Wildman–Crippen MR) is 74.7 cm³/mol. The van der Waals surface area contributed by atoms with E-state index >= 15 is 0 Å². The summed E-state index contributed by atoms with van der Waals surface area (Å²) in [5.41, 5.74) is 1.52. The lowest BCUT2D eigenvalue weighted by Crippen LogP contribution is -1.99. The highest BCUT2D eigenvalue weighted by atomic mass is 79.9. The Morgan fingerprint density at radius 2 is 1.65 bits per heavy atom. The van der Waals surface area contributed by atoms with Crippen LogP contribution in [0.5, 0.6) is 0 Å². The highest BCUT2D eigenvalue weighted by Gasteiger charge is 2.12. The lowest BCUT2D eigenvalue weighted by molar-refractivity contribution is 0.220. The third kappa shape index (κ3) is 3.02. The van der Waals surface area contributed by atoms with Crippen LogP contribution in [0.4, 0.5) is 0 Å². The Morgan fingerprint density at radius 1 is 0.941 bits per heavy atom. The summed E-state index contributed by atoms with van der Waals surface area (Å²) in [6.45, 7) is 0. The molecule has 17 heavy (non-hydrogen) atoms. The molecule has 0 fully saturated rings. The first kappa shape index (κ1) is 12.9. The minimum atomic E-state index is -0.706. The topological polar surface area (TPSA) is 20.2 Å². The summed E-state index contributed by atoms with van der Waals surface area (Å²) in [4.78, 5) is 0. The summed E-state index contributed by atoms with van der Waals surface area (Å²) in [5.74, 6) is 0. The van der Waals surface area contributed by atoms with Crippen molar-refractivity contribution < 1.29 is 5.11 Å². The van der Waals surface area contributed by atoms with Crippen LogP contribution in [0.25, 0.3) is 0 Å². The summed E-state index contributed by atoms with van der Waals surface area (Å²) < 4.78 is 0.925. The van der Waals surface area contributed by atoms with E-state index in [2.05, 4.69) is 15.9 Å². The molecule has 0 amide bonds. The molecule has 2 aromatic carbocycles. The van der Waals surface area contributed by atoms with Crippen molar-refractivity contribution in [3.63, 3.8) is 0 Å². The minimum Gasteiger partial charge on any atom is -0.384 e. The Morgan fingerprint density at radius 3 is 2.29 bits per heavy atom. The van der Waals surface area contributed by atoms with E-state index in [0.717, 1.165) is 15.6 Å². The van der Waals surface area contributed by atoms with Gasteiger partial charge in [-0.2, -0.15) is 0 Å². The van der Waals surface area contributed by atoms with Crippen molar-refractivity contribution in [3.8, 4) is 0 Å². The molecule has 4 heteroatoms. The Bertz CT molecular complexity index is 543. The fourth-order valence-corrected chi connectivity index (χ4v) is 2.28. The van der Waals surface area contributed by atoms with Crippen LogP contribution in [0.1, 0.15) is 17.2 Å². The molecule has 0 radical (unpaired) electrons.